The molecule has 19 heavy (non-hydrogen) atoms. The lowest BCUT2D eigenvalue weighted by Gasteiger charge is -2.14. The minimum atomic E-state index is -0.240. The Morgan fingerprint density at radius 2 is 1.95 bits per heavy atom. The second kappa shape index (κ2) is 5.08. The Labute approximate surface area is 117 Å². The van der Waals surface area contributed by atoms with Crippen LogP contribution < -0.4 is 11.3 Å². The minimum Gasteiger partial charge on any atom is -0.466 e. The molecule has 0 amide bonds. The van der Waals surface area contributed by atoms with E-state index in [1.165, 1.54) is 0 Å². The molecule has 1 unspecified atom stereocenters. The highest BCUT2D eigenvalue weighted by atomic mass is 79.9. The van der Waals surface area contributed by atoms with Gasteiger partial charge in [-0.05, 0) is 39.7 Å². The lowest BCUT2D eigenvalue weighted by molar-refractivity contribution is 0.450. The Morgan fingerprint density at radius 1 is 1.16 bits per heavy atom. The van der Waals surface area contributed by atoms with E-state index in [4.69, 9.17) is 10.3 Å². The molecular weight excluding hydrogens is 308 g/mol. The molecule has 6 heteroatoms. The third-order valence-corrected chi connectivity index (χ3v) is 3.56. The molecule has 0 aliphatic carbocycles. The maximum Gasteiger partial charge on any atom is 0.140 e. The molecule has 2 heterocycles. The van der Waals surface area contributed by atoms with Gasteiger partial charge in [0.05, 0.1) is 21.8 Å². The van der Waals surface area contributed by atoms with Crippen LogP contribution in [0.2, 0.25) is 0 Å². The summed E-state index contributed by atoms with van der Waals surface area (Å²) < 4.78 is 6.33. The molecule has 3 rings (SSSR count). The van der Waals surface area contributed by atoms with E-state index >= 15 is 0 Å². The lowest BCUT2D eigenvalue weighted by Crippen LogP contribution is -2.28. The molecule has 0 fully saturated rings. The molecule has 3 N–H and O–H groups in total. The van der Waals surface area contributed by atoms with Crippen molar-refractivity contribution in [2.24, 2.45) is 5.84 Å². The summed E-state index contributed by atoms with van der Waals surface area (Å²) >= 11 is 3.44. The third-order valence-electron chi connectivity index (χ3n) is 2.90. The van der Waals surface area contributed by atoms with E-state index in [0.29, 0.717) is 0 Å². The number of nitrogens with two attached hydrogens (primary N) is 1. The topological polar surface area (TPSA) is 77.0 Å². The average molecular weight is 319 g/mol. The summed E-state index contributed by atoms with van der Waals surface area (Å²) in [4.78, 5) is 8.53. The van der Waals surface area contributed by atoms with Gasteiger partial charge >= 0.3 is 0 Å². The number of furan rings is 1. The van der Waals surface area contributed by atoms with Crippen LogP contribution in [0.25, 0.3) is 11.0 Å². The molecule has 0 bridgehead atoms. The summed E-state index contributed by atoms with van der Waals surface area (Å²) in [6, 6.07) is 7.41. The van der Waals surface area contributed by atoms with E-state index < -0.39 is 0 Å². The zero-order chi connectivity index (χ0) is 13.2. The molecule has 96 valence electrons. The Balaban J connectivity index is 2.09. The fraction of sp³-hybridized carbons (Fsp3) is 0.0769. The normalized spacial score (nSPS) is 12.7. The molecule has 0 aliphatic rings. The molecule has 0 spiro atoms. The number of nitrogens with one attached hydrogen (secondary N) is 1. The van der Waals surface area contributed by atoms with Crippen LogP contribution in [0.3, 0.4) is 0 Å². The van der Waals surface area contributed by atoms with Gasteiger partial charge in [-0.2, -0.15) is 0 Å². The van der Waals surface area contributed by atoms with Crippen LogP contribution in [0.1, 0.15) is 17.4 Å². The van der Waals surface area contributed by atoms with Crippen LogP contribution in [0.4, 0.5) is 0 Å². The number of hydrogen-bond acceptors (Lipinski definition) is 5. The fourth-order valence-corrected chi connectivity index (χ4v) is 2.42. The van der Waals surface area contributed by atoms with Crippen molar-refractivity contribution in [2.75, 3.05) is 0 Å². The Kier molecular flexibility index (Phi) is 3.29. The molecule has 0 aliphatic heterocycles. The molecule has 3 aromatic rings. The van der Waals surface area contributed by atoms with E-state index in [0.717, 1.165) is 26.8 Å². The van der Waals surface area contributed by atoms with E-state index in [2.05, 4.69) is 31.3 Å². The molecule has 0 saturated heterocycles. The summed E-state index contributed by atoms with van der Waals surface area (Å²) in [6.45, 7) is 0. The number of benzene rings is 1. The van der Waals surface area contributed by atoms with Gasteiger partial charge < -0.3 is 4.42 Å². The standard InChI is InChI=1S/C13H11BrN4O/c14-9-3-6-19-13(9)12(18-15)8-1-2-10-11(7-8)17-5-4-16-10/h1-7,12,18H,15H2. The summed E-state index contributed by atoms with van der Waals surface area (Å²) in [5.41, 5.74) is 5.39. The second-order valence-electron chi connectivity index (χ2n) is 4.04. The van der Waals surface area contributed by atoms with Crippen molar-refractivity contribution in [3.8, 4) is 0 Å². The molecule has 0 saturated carbocycles. The smallest absolute Gasteiger partial charge is 0.140 e. The molecule has 2 aromatic heterocycles. The van der Waals surface area contributed by atoms with Crippen molar-refractivity contribution < 1.29 is 4.42 Å². The van der Waals surface area contributed by atoms with Crippen LogP contribution >= 0.6 is 15.9 Å². The predicted molar refractivity (Wildman–Crippen MR) is 75.1 cm³/mol. The molecule has 1 atom stereocenters. The Bertz CT molecular complexity index is 712. The highest BCUT2D eigenvalue weighted by molar-refractivity contribution is 9.10. The summed E-state index contributed by atoms with van der Waals surface area (Å²) in [7, 11) is 0. The lowest BCUT2D eigenvalue weighted by atomic mass is 10.0. The average Bonchev–Trinajstić information content (AvgIpc) is 2.86. The van der Waals surface area contributed by atoms with Gasteiger partial charge in [0.1, 0.15) is 11.8 Å². The van der Waals surface area contributed by atoms with E-state index in [-0.39, 0.29) is 6.04 Å². The first kappa shape index (κ1) is 12.3. The number of fused-ring (bicyclic) bond motifs is 1. The Morgan fingerprint density at radius 3 is 2.63 bits per heavy atom. The van der Waals surface area contributed by atoms with E-state index in [9.17, 15) is 0 Å². The molecule has 1 aromatic carbocycles. The van der Waals surface area contributed by atoms with Crippen LogP contribution in [0.5, 0.6) is 0 Å². The number of aromatic nitrogens is 2. The number of hydrogen-bond donors (Lipinski definition) is 2. The summed E-state index contributed by atoms with van der Waals surface area (Å²) in [5.74, 6) is 6.37. The van der Waals surface area contributed by atoms with Crippen LogP contribution in [-0.4, -0.2) is 9.97 Å². The van der Waals surface area contributed by atoms with Crippen molar-refractivity contribution >= 4 is 27.0 Å². The fourth-order valence-electron chi connectivity index (χ4n) is 1.99. The predicted octanol–water partition coefficient (Wildman–Crippen LogP) is 2.54. The highest BCUT2D eigenvalue weighted by Gasteiger charge is 2.19. The maximum atomic E-state index is 5.64. The van der Waals surface area contributed by atoms with Crippen molar-refractivity contribution in [2.45, 2.75) is 6.04 Å². The monoisotopic (exact) mass is 318 g/mol. The van der Waals surface area contributed by atoms with Gasteiger partial charge in [0.15, 0.2) is 0 Å². The van der Waals surface area contributed by atoms with Crippen molar-refractivity contribution in [3.05, 3.63) is 58.7 Å². The first-order valence-electron chi connectivity index (χ1n) is 5.69. The minimum absolute atomic E-state index is 0.240. The summed E-state index contributed by atoms with van der Waals surface area (Å²) in [6.07, 6.45) is 4.95. The second-order valence-corrected chi connectivity index (χ2v) is 4.89. The first-order valence-corrected chi connectivity index (χ1v) is 6.48. The molecule has 0 radical (unpaired) electrons. The van der Waals surface area contributed by atoms with Crippen molar-refractivity contribution in [3.63, 3.8) is 0 Å². The van der Waals surface area contributed by atoms with Crippen molar-refractivity contribution in [1.29, 1.82) is 0 Å². The van der Waals surface area contributed by atoms with Crippen LogP contribution in [0, 0.1) is 0 Å². The number of halogens is 1. The zero-order valence-electron chi connectivity index (χ0n) is 9.88. The van der Waals surface area contributed by atoms with E-state index in [1.54, 1.807) is 18.7 Å². The van der Waals surface area contributed by atoms with Gasteiger partial charge in [0.25, 0.3) is 0 Å². The van der Waals surface area contributed by atoms with Gasteiger partial charge in [0.2, 0.25) is 0 Å². The van der Waals surface area contributed by atoms with Gasteiger partial charge in [0, 0.05) is 12.4 Å². The Hall–Kier alpha value is -1.76. The number of nitrogens with zero attached hydrogens (tertiary/aromatic N) is 2. The van der Waals surface area contributed by atoms with Crippen molar-refractivity contribution in [1.82, 2.24) is 15.4 Å². The first-order chi connectivity index (χ1) is 9.29. The maximum absolute atomic E-state index is 5.64. The molecular formula is C13H11BrN4O. The molecule has 5 nitrogen and oxygen atoms in total. The van der Waals surface area contributed by atoms with Crippen LogP contribution in [-0.2, 0) is 0 Å². The largest absolute Gasteiger partial charge is 0.466 e. The summed E-state index contributed by atoms with van der Waals surface area (Å²) in [5, 5.41) is 0. The van der Waals surface area contributed by atoms with Gasteiger partial charge in [-0.1, -0.05) is 6.07 Å². The van der Waals surface area contributed by atoms with Gasteiger partial charge in [-0.3, -0.25) is 15.8 Å². The van der Waals surface area contributed by atoms with Gasteiger partial charge in [-0.25, -0.2) is 5.43 Å². The quantitative estimate of drug-likeness (QED) is 0.573. The number of rotatable bonds is 3. The number of hydrazine groups is 1. The van der Waals surface area contributed by atoms with Crippen LogP contribution in [0.15, 0.2) is 51.8 Å². The zero-order valence-corrected chi connectivity index (χ0v) is 11.5. The van der Waals surface area contributed by atoms with E-state index in [1.807, 2.05) is 24.3 Å². The SMILES string of the molecule is NNC(c1ccc2nccnc2c1)c1occc1Br. The third kappa shape index (κ3) is 2.25. The highest BCUT2D eigenvalue weighted by Crippen LogP contribution is 2.29. The van der Waals surface area contributed by atoms with Gasteiger partial charge in [-0.15, -0.1) is 0 Å².